The van der Waals surface area contributed by atoms with Gasteiger partial charge < -0.3 is 14.3 Å². The van der Waals surface area contributed by atoms with E-state index in [1.165, 1.54) is 6.07 Å². The molecule has 22 heavy (non-hydrogen) atoms. The number of aliphatic hydroxyl groups is 1. The van der Waals surface area contributed by atoms with Gasteiger partial charge in [0.25, 0.3) is 0 Å². The molecule has 5 heteroatoms. The molecule has 120 valence electrons. The molecule has 2 atom stereocenters. The largest absolute Gasteiger partial charge is 0.468 e. The minimum absolute atomic E-state index is 0.0659. The van der Waals surface area contributed by atoms with Crippen molar-refractivity contribution < 1.29 is 18.7 Å². The van der Waals surface area contributed by atoms with Crippen molar-refractivity contribution >= 4 is 0 Å². The lowest BCUT2D eigenvalue weighted by Crippen LogP contribution is -2.33. The summed E-state index contributed by atoms with van der Waals surface area (Å²) in [4.78, 5) is 1.98. The van der Waals surface area contributed by atoms with Crippen LogP contribution in [-0.4, -0.2) is 36.3 Å². The molecule has 2 rings (SSSR count). The Balaban J connectivity index is 1.73. The van der Waals surface area contributed by atoms with Crippen LogP contribution in [0.4, 0.5) is 4.39 Å². The SMILES string of the molecule is CC(c1ccco1)N(C)CC(O)COCc1ccccc1F. The van der Waals surface area contributed by atoms with Crippen molar-refractivity contribution in [2.75, 3.05) is 20.2 Å². The van der Waals surface area contributed by atoms with Crippen molar-refractivity contribution in [2.24, 2.45) is 0 Å². The minimum Gasteiger partial charge on any atom is -0.468 e. The molecule has 0 spiro atoms. The Morgan fingerprint density at radius 1 is 1.27 bits per heavy atom. The zero-order chi connectivity index (χ0) is 15.9. The van der Waals surface area contributed by atoms with Gasteiger partial charge in [-0.1, -0.05) is 18.2 Å². The number of benzene rings is 1. The van der Waals surface area contributed by atoms with Crippen molar-refractivity contribution in [3.05, 3.63) is 59.8 Å². The molecular formula is C17H22FNO3. The van der Waals surface area contributed by atoms with E-state index in [0.29, 0.717) is 12.1 Å². The molecule has 0 aliphatic rings. The number of furan rings is 1. The van der Waals surface area contributed by atoms with Crippen LogP contribution in [0.1, 0.15) is 24.3 Å². The Morgan fingerprint density at radius 3 is 2.73 bits per heavy atom. The summed E-state index contributed by atoms with van der Waals surface area (Å²) >= 11 is 0. The van der Waals surface area contributed by atoms with Crippen LogP contribution in [0.3, 0.4) is 0 Å². The summed E-state index contributed by atoms with van der Waals surface area (Å²) in [6.07, 6.45) is 0.988. The average Bonchev–Trinajstić information content (AvgIpc) is 3.02. The second kappa shape index (κ2) is 8.08. The Hall–Kier alpha value is -1.69. The van der Waals surface area contributed by atoms with Gasteiger partial charge in [0.1, 0.15) is 11.6 Å². The number of ether oxygens (including phenoxy) is 1. The van der Waals surface area contributed by atoms with Gasteiger partial charge in [-0.15, -0.1) is 0 Å². The third-order valence-corrected chi connectivity index (χ3v) is 3.64. The van der Waals surface area contributed by atoms with Gasteiger partial charge in [-0.05, 0) is 32.2 Å². The molecule has 1 aromatic carbocycles. The number of hydrogen-bond acceptors (Lipinski definition) is 4. The predicted molar refractivity (Wildman–Crippen MR) is 81.8 cm³/mol. The molecule has 0 bridgehead atoms. The van der Waals surface area contributed by atoms with Crippen molar-refractivity contribution in [1.82, 2.24) is 4.90 Å². The maximum absolute atomic E-state index is 13.4. The van der Waals surface area contributed by atoms with Crippen LogP contribution in [0, 0.1) is 5.82 Å². The van der Waals surface area contributed by atoms with Crippen LogP contribution in [0.15, 0.2) is 47.1 Å². The first kappa shape index (κ1) is 16.7. The zero-order valence-electron chi connectivity index (χ0n) is 12.9. The van der Waals surface area contributed by atoms with Gasteiger partial charge in [0.2, 0.25) is 0 Å². The highest BCUT2D eigenvalue weighted by molar-refractivity contribution is 5.16. The number of aliphatic hydroxyl groups excluding tert-OH is 1. The smallest absolute Gasteiger partial charge is 0.128 e. The fourth-order valence-corrected chi connectivity index (χ4v) is 2.21. The molecule has 4 nitrogen and oxygen atoms in total. The van der Waals surface area contributed by atoms with Gasteiger partial charge >= 0.3 is 0 Å². The van der Waals surface area contributed by atoms with E-state index in [2.05, 4.69) is 0 Å². The normalized spacial score (nSPS) is 14.2. The van der Waals surface area contributed by atoms with E-state index in [4.69, 9.17) is 9.15 Å². The fourth-order valence-electron chi connectivity index (χ4n) is 2.21. The van der Waals surface area contributed by atoms with E-state index in [1.54, 1.807) is 24.5 Å². The molecule has 2 unspecified atom stereocenters. The third-order valence-electron chi connectivity index (χ3n) is 3.64. The van der Waals surface area contributed by atoms with Crippen LogP contribution in [0.25, 0.3) is 0 Å². The lowest BCUT2D eigenvalue weighted by Gasteiger charge is -2.25. The second-order valence-corrected chi connectivity index (χ2v) is 5.39. The standard InChI is InChI=1S/C17H22FNO3/c1-13(17-8-5-9-22-17)19(2)10-15(20)12-21-11-14-6-3-4-7-16(14)18/h3-9,13,15,20H,10-12H2,1-2H3. The Labute approximate surface area is 130 Å². The molecule has 0 aliphatic carbocycles. The van der Waals surface area contributed by atoms with E-state index in [0.717, 1.165) is 5.76 Å². The van der Waals surface area contributed by atoms with E-state index < -0.39 is 6.10 Å². The van der Waals surface area contributed by atoms with E-state index >= 15 is 0 Å². The first-order valence-corrected chi connectivity index (χ1v) is 7.30. The zero-order valence-corrected chi connectivity index (χ0v) is 12.9. The van der Waals surface area contributed by atoms with Crippen molar-refractivity contribution in [1.29, 1.82) is 0 Å². The number of rotatable bonds is 8. The predicted octanol–water partition coefficient (Wildman–Crippen LogP) is 2.99. The monoisotopic (exact) mass is 307 g/mol. The van der Waals surface area contributed by atoms with Crippen molar-refractivity contribution in [2.45, 2.75) is 25.7 Å². The number of halogens is 1. The first-order chi connectivity index (χ1) is 10.6. The van der Waals surface area contributed by atoms with Crippen LogP contribution < -0.4 is 0 Å². The Kier molecular flexibility index (Phi) is 6.12. The van der Waals surface area contributed by atoms with Gasteiger partial charge in [-0.2, -0.15) is 0 Å². The highest BCUT2D eigenvalue weighted by Gasteiger charge is 2.17. The number of likely N-dealkylation sites (N-methyl/N-ethyl adjacent to an activating group) is 1. The number of nitrogens with zero attached hydrogens (tertiary/aromatic N) is 1. The van der Waals surface area contributed by atoms with Gasteiger partial charge in [-0.25, -0.2) is 4.39 Å². The van der Waals surface area contributed by atoms with E-state index in [9.17, 15) is 9.50 Å². The quantitative estimate of drug-likeness (QED) is 0.814. The Morgan fingerprint density at radius 2 is 2.05 bits per heavy atom. The molecule has 0 fully saturated rings. The van der Waals surface area contributed by atoms with Crippen LogP contribution in [-0.2, 0) is 11.3 Å². The molecule has 0 saturated carbocycles. The molecular weight excluding hydrogens is 285 g/mol. The fraction of sp³-hybridized carbons (Fsp3) is 0.412. The molecule has 0 radical (unpaired) electrons. The molecule has 0 amide bonds. The van der Waals surface area contributed by atoms with E-state index in [1.807, 2.05) is 31.0 Å². The summed E-state index contributed by atoms with van der Waals surface area (Å²) in [6, 6.07) is 10.3. The lowest BCUT2D eigenvalue weighted by molar-refractivity contribution is 0.00653. The number of hydrogen-bond donors (Lipinski definition) is 1. The third kappa shape index (κ3) is 4.66. The Bertz CT molecular complexity index is 559. The van der Waals surface area contributed by atoms with Crippen molar-refractivity contribution in [3.8, 4) is 0 Å². The summed E-state index contributed by atoms with van der Waals surface area (Å²) in [5.74, 6) is 0.558. The van der Waals surface area contributed by atoms with Crippen molar-refractivity contribution in [3.63, 3.8) is 0 Å². The summed E-state index contributed by atoms with van der Waals surface area (Å²) in [6.45, 7) is 2.76. The van der Waals surface area contributed by atoms with Gasteiger partial charge in [-0.3, -0.25) is 4.90 Å². The van der Waals surface area contributed by atoms with Crippen LogP contribution in [0.5, 0.6) is 0 Å². The topological polar surface area (TPSA) is 45.8 Å². The minimum atomic E-state index is -0.644. The summed E-state index contributed by atoms with van der Waals surface area (Å²) in [7, 11) is 1.91. The molecule has 2 aromatic rings. The first-order valence-electron chi connectivity index (χ1n) is 7.30. The highest BCUT2D eigenvalue weighted by Crippen LogP contribution is 2.19. The summed E-state index contributed by atoms with van der Waals surface area (Å²) in [5, 5.41) is 10.0. The van der Waals surface area contributed by atoms with E-state index in [-0.39, 0.29) is 25.1 Å². The summed E-state index contributed by atoms with van der Waals surface area (Å²) < 4.78 is 24.2. The maximum atomic E-state index is 13.4. The molecule has 1 N–H and O–H groups in total. The average molecular weight is 307 g/mol. The second-order valence-electron chi connectivity index (χ2n) is 5.39. The van der Waals surface area contributed by atoms with Gasteiger partial charge in [0.15, 0.2) is 0 Å². The lowest BCUT2D eigenvalue weighted by atomic mass is 10.2. The molecule has 1 aromatic heterocycles. The molecule has 1 heterocycles. The maximum Gasteiger partial charge on any atom is 0.128 e. The van der Waals surface area contributed by atoms with Gasteiger partial charge in [0.05, 0.1) is 31.6 Å². The molecule has 0 saturated heterocycles. The highest BCUT2D eigenvalue weighted by atomic mass is 19.1. The van der Waals surface area contributed by atoms with Gasteiger partial charge in [0, 0.05) is 12.1 Å². The summed E-state index contributed by atoms with van der Waals surface area (Å²) in [5.41, 5.74) is 0.493. The van der Waals surface area contributed by atoms with Crippen LogP contribution >= 0.6 is 0 Å². The van der Waals surface area contributed by atoms with Crippen LogP contribution in [0.2, 0.25) is 0 Å². The molecule has 0 aliphatic heterocycles.